The predicted molar refractivity (Wildman–Crippen MR) is 106 cm³/mol. The number of anilines is 2. The second kappa shape index (κ2) is 8.12. The number of amides is 3. The number of carbonyl (C=O) groups is 3. The average molecular weight is 381 g/mol. The van der Waals surface area contributed by atoms with Gasteiger partial charge in [0.25, 0.3) is 0 Å². The van der Waals surface area contributed by atoms with Gasteiger partial charge >= 0.3 is 11.8 Å². The molecule has 7 nitrogen and oxygen atoms in total. The molecule has 0 aromatic heterocycles. The molecule has 146 valence electrons. The van der Waals surface area contributed by atoms with Crippen molar-refractivity contribution in [1.29, 1.82) is 0 Å². The summed E-state index contributed by atoms with van der Waals surface area (Å²) in [6.07, 6.45) is 0. The second-order valence-electron chi connectivity index (χ2n) is 6.81. The molecule has 0 aliphatic carbocycles. The first kappa shape index (κ1) is 19.4. The molecule has 28 heavy (non-hydrogen) atoms. The van der Waals surface area contributed by atoms with Crippen LogP contribution < -0.4 is 15.0 Å². The highest BCUT2D eigenvalue weighted by Crippen LogP contribution is 2.23. The first-order chi connectivity index (χ1) is 13.4. The van der Waals surface area contributed by atoms with E-state index in [0.717, 1.165) is 11.1 Å². The van der Waals surface area contributed by atoms with Gasteiger partial charge in [0.15, 0.2) is 0 Å². The molecule has 0 radical (unpaired) electrons. The van der Waals surface area contributed by atoms with Gasteiger partial charge in [-0.25, -0.2) is 0 Å². The minimum absolute atomic E-state index is 0.163. The molecule has 1 aliphatic rings. The second-order valence-corrected chi connectivity index (χ2v) is 6.81. The quantitative estimate of drug-likeness (QED) is 0.805. The Hall–Kier alpha value is -3.35. The third-order valence-corrected chi connectivity index (χ3v) is 4.51. The number of methoxy groups -OCH3 is 1. The molecule has 3 rings (SSSR count). The van der Waals surface area contributed by atoms with Gasteiger partial charge in [0.2, 0.25) is 5.91 Å². The molecular formula is C21H23N3O4. The van der Waals surface area contributed by atoms with Crippen molar-refractivity contribution in [3.63, 3.8) is 0 Å². The summed E-state index contributed by atoms with van der Waals surface area (Å²) in [5.74, 6) is -1.07. The monoisotopic (exact) mass is 381 g/mol. The highest BCUT2D eigenvalue weighted by Gasteiger charge is 2.34. The number of nitrogens with one attached hydrogen (secondary N) is 1. The summed E-state index contributed by atoms with van der Waals surface area (Å²) in [6.45, 7) is 4.32. The van der Waals surface area contributed by atoms with E-state index in [1.807, 2.05) is 32.0 Å². The topological polar surface area (TPSA) is 79.0 Å². The van der Waals surface area contributed by atoms with Crippen LogP contribution in [0.25, 0.3) is 0 Å². The van der Waals surface area contributed by atoms with Gasteiger partial charge in [-0.1, -0.05) is 12.1 Å². The summed E-state index contributed by atoms with van der Waals surface area (Å²) in [7, 11) is 1.54. The minimum Gasteiger partial charge on any atom is -0.497 e. The van der Waals surface area contributed by atoms with Crippen LogP contribution in [0.4, 0.5) is 11.4 Å². The number of carbonyl (C=O) groups excluding carboxylic acids is 3. The Morgan fingerprint density at radius 3 is 2.43 bits per heavy atom. The summed E-state index contributed by atoms with van der Waals surface area (Å²) < 4.78 is 5.17. The van der Waals surface area contributed by atoms with Gasteiger partial charge in [-0.15, -0.1) is 0 Å². The molecule has 1 saturated heterocycles. The van der Waals surface area contributed by atoms with E-state index in [0.29, 0.717) is 23.7 Å². The van der Waals surface area contributed by atoms with Crippen LogP contribution in [0.3, 0.4) is 0 Å². The van der Waals surface area contributed by atoms with Gasteiger partial charge in [-0.05, 0) is 49.2 Å². The van der Waals surface area contributed by atoms with Crippen LogP contribution in [0.15, 0.2) is 42.5 Å². The number of hydrogen-bond donors (Lipinski definition) is 1. The summed E-state index contributed by atoms with van der Waals surface area (Å²) in [5, 5.41) is 2.79. The molecule has 1 heterocycles. The Balaban J connectivity index is 1.65. The maximum Gasteiger partial charge on any atom is 0.316 e. The third-order valence-electron chi connectivity index (χ3n) is 4.51. The van der Waals surface area contributed by atoms with E-state index in [9.17, 15) is 14.4 Å². The van der Waals surface area contributed by atoms with Gasteiger partial charge < -0.3 is 19.9 Å². The number of hydrogen-bond acceptors (Lipinski definition) is 4. The number of rotatable bonds is 5. The Kier molecular flexibility index (Phi) is 5.63. The smallest absolute Gasteiger partial charge is 0.316 e. The van der Waals surface area contributed by atoms with E-state index in [4.69, 9.17) is 4.74 Å². The van der Waals surface area contributed by atoms with Crippen LogP contribution in [-0.2, 0) is 14.4 Å². The molecule has 1 N–H and O–H groups in total. The fraction of sp³-hybridized carbons (Fsp3) is 0.286. The van der Waals surface area contributed by atoms with Crippen molar-refractivity contribution in [2.45, 2.75) is 13.8 Å². The van der Waals surface area contributed by atoms with E-state index >= 15 is 0 Å². The first-order valence-electron chi connectivity index (χ1n) is 9.00. The zero-order valence-corrected chi connectivity index (χ0v) is 16.2. The molecule has 0 unspecified atom stereocenters. The molecule has 2 aromatic carbocycles. The van der Waals surface area contributed by atoms with E-state index in [-0.39, 0.29) is 19.0 Å². The molecule has 1 fully saturated rings. The van der Waals surface area contributed by atoms with Crippen molar-refractivity contribution in [3.05, 3.63) is 53.6 Å². The zero-order valence-electron chi connectivity index (χ0n) is 16.2. The van der Waals surface area contributed by atoms with Crippen molar-refractivity contribution in [1.82, 2.24) is 4.90 Å². The highest BCUT2D eigenvalue weighted by molar-refractivity contribution is 6.41. The number of ether oxygens (including phenoxy) is 1. The van der Waals surface area contributed by atoms with E-state index in [1.165, 1.54) is 9.80 Å². The van der Waals surface area contributed by atoms with Crippen molar-refractivity contribution in [2.24, 2.45) is 0 Å². The van der Waals surface area contributed by atoms with Gasteiger partial charge in [0.05, 0.1) is 7.11 Å². The van der Waals surface area contributed by atoms with Crippen LogP contribution in [0.5, 0.6) is 5.75 Å². The fourth-order valence-electron chi connectivity index (χ4n) is 3.27. The molecule has 0 atom stereocenters. The number of piperazine rings is 1. The lowest BCUT2D eigenvalue weighted by molar-refractivity contribution is -0.147. The van der Waals surface area contributed by atoms with Crippen LogP contribution in [0.2, 0.25) is 0 Å². The van der Waals surface area contributed by atoms with Crippen LogP contribution >= 0.6 is 0 Å². The number of benzene rings is 2. The van der Waals surface area contributed by atoms with Crippen LogP contribution in [0.1, 0.15) is 11.1 Å². The van der Waals surface area contributed by atoms with Crippen LogP contribution in [0, 0.1) is 13.8 Å². The molecule has 1 aliphatic heterocycles. The average Bonchev–Trinajstić information content (AvgIpc) is 2.65. The van der Waals surface area contributed by atoms with Crippen LogP contribution in [-0.4, -0.2) is 49.4 Å². The molecule has 0 spiro atoms. The van der Waals surface area contributed by atoms with Gasteiger partial charge in [-0.2, -0.15) is 0 Å². The molecule has 2 aromatic rings. The summed E-state index contributed by atoms with van der Waals surface area (Å²) in [4.78, 5) is 40.0. The summed E-state index contributed by atoms with van der Waals surface area (Å²) in [6, 6.07) is 12.7. The maximum atomic E-state index is 12.5. The molecule has 0 bridgehead atoms. The van der Waals surface area contributed by atoms with Crippen molar-refractivity contribution in [2.75, 3.05) is 37.0 Å². The molecule has 7 heteroatoms. The number of nitrogens with zero attached hydrogens (tertiary/aromatic N) is 2. The largest absolute Gasteiger partial charge is 0.497 e. The highest BCUT2D eigenvalue weighted by atomic mass is 16.5. The predicted octanol–water partition coefficient (Wildman–Crippen LogP) is 2.13. The van der Waals surface area contributed by atoms with Gasteiger partial charge in [-0.3, -0.25) is 14.4 Å². The Morgan fingerprint density at radius 2 is 1.75 bits per heavy atom. The van der Waals surface area contributed by atoms with Crippen molar-refractivity contribution >= 4 is 29.1 Å². The summed E-state index contributed by atoms with van der Waals surface area (Å²) in [5.41, 5.74) is 3.34. The normalized spacial score (nSPS) is 14.2. The fourth-order valence-corrected chi connectivity index (χ4v) is 3.27. The Morgan fingerprint density at radius 1 is 1.04 bits per heavy atom. The number of aryl methyl sites for hydroxylation is 2. The van der Waals surface area contributed by atoms with E-state index in [1.54, 1.807) is 31.4 Å². The zero-order chi connectivity index (χ0) is 20.3. The van der Waals surface area contributed by atoms with Gasteiger partial charge in [0.1, 0.15) is 12.3 Å². The molecule has 0 saturated carbocycles. The lowest BCUT2D eigenvalue weighted by Gasteiger charge is -2.33. The van der Waals surface area contributed by atoms with E-state index in [2.05, 4.69) is 5.32 Å². The first-order valence-corrected chi connectivity index (χ1v) is 9.00. The third kappa shape index (κ3) is 4.31. The lowest BCUT2D eigenvalue weighted by atomic mass is 10.1. The molecular weight excluding hydrogens is 358 g/mol. The minimum atomic E-state index is -0.690. The maximum absolute atomic E-state index is 12.5. The Labute approximate surface area is 163 Å². The molecule has 3 amide bonds. The summed E-state index contributed by atoms with van der Waals surface area (Å²) >= 11 is 0. The lowest BCUT2D eigenvalue weighted by Crippen LogP contribution is -2.56. The van der Waals surface area contributed by atoms with Crippen molar-refractivity contribution < 1.29 is 19.1 Å². The Bertz CT molecular complexity index is 905. The van der Waals surface area contributed by atoms with Gasteiger partial charge in [0, 0.05) is 30.5 Å². The standard InChI is InChI=1S/C21H23N3O4/c1-14-9-15(2)11-16(10-14)22-19(25)13-23-7-8-24(21(27)20(23)26)17-5-4-6-18(12-17)28-3/h4-6,9-12H,7-8,13H2,1-3H3,(H,22,25). The SMILES string of the molecule is COc1cccc(N2CCN(CC(=O)Nc3cc(C)cc(C)c3)C(=O)C2=O)c1. The van der Waals surface area contributed by atoms with E-state index < -0.39 is 11.8 Å². The van der Waals surface area contributed by atoms with Crippen molar-refractivity contribution in [3.8, 4) is 5.75 Å².